The molecule has 0 atom stereocenters. The van der Waals surface area contributed by atoms with Gasteiger partial charge >= 0.3 is 0 Å². The molecule has 150 valence electrons. The van der Waals surface area contributed by atoms with Gasteiger partial charge in [-0.15, -0.1) is 0 Å². The summed E-state index contributed by atoms with van der Waals surface area (Å²) in [4.78, 5) is 25.1. The Morgan fingerprint density at radius 2 is 1.90 bits per heavy atom. The molecule has 3 heterocycles. The van der Waals surface area contributed by atoms with E-state index < -0.39 is 10.0 Å². The molecule has 4 rings (SSSR count). The number of nitrogens with two attached hydrogens (primary N) is 1. The molecule has 1 aromatic carbocycles. The molecule has 0 saturated carbocycles. The Morgan fingerprint density at radius 1 is 1.07 bits per heavy atom. The Kier molecular flexibility index (Phi) is 4.93. The van der Waals surface area contributed by atoms with Crippen molar-refractivity contribution in [3.63, 3.8) is 0 Å². The second-order valence-corrected chi connectivity index (χ2v) is 8.58. The molecule has 1 aliphatic rings. The van der Waals surface area contributed by atoms with Crippen molar-refractivity contribution < 1.29 is 13.2 Å². The number of rotatable bonds is 3. The SMILES string of the molecule is CN1CCN(c2ccnc3ccc(-c4cccc(S(N)(=O)=O)c4)nc23)CCC1=O. The van der Waals surface area contributed by atoms with E-state index >= 15 is 0 Å². The van der Waals surface area contributed by atoms with Gasteiger partial charge in [-0.25, -0.2) is 18.5 Å². The van der Waals surface area contributed by atoms with E-state index in [1.165, 1.54) is 12.1 Å². The molecule has 3 aromatic rings. The highest BCUT2D eigenvalue weighted by Gasteiger charge is 2.20. The molecule has 1 aliphatic heterocycles. The van der Waals surface area contributed by atoms with Crippen LogP contribution < -0.4 is 10.0 Å². The largest absolute Gasteiger partial charge is 0.367 e. The minimum atomic E-state index is -3.80. The van der Waals surface area contributed by atoms with Crippen LogP contribution in [0.1, 0.15) is 6.42 Å². The molecule has 0 radical (unpaired) electrons. The molecular formula is C20H21N5O3S. The molecule has 9 heteroatoms. The number of anilines is 1. The van der Waals surface area contributed by atoms with Gasteiger partial charge in [-0.2, -0.15) is 0 Å². The average molecular weight is 411 g/mol. The van der Waals surface area contributed by atoms with E-state index in [2.05, 4.69) is 9.88 Å². The van der Waals surface area contributed by atoms with E-state index in [1.54, 1.807) is 29.3 Å². The maximum Gasteiger partial charge on any atom is 0.238 e. The fourth-order valence-corrected chi connectivity index (χ4v) is 3.99. The third-order valence-corrected chi connectivity index (χ3v) is 6.00. The Morgan fingerprint density at radius 3 is 2.69 bits per heavy atom. The second kappa shape index (κ2) is 7.41. The quantitative estimate of drug-likeness (QED) is 0.701. The molecule has 0 unspecified atom stereocenters. The van der Waals surface area contributed by atoms with Crippen molar-refractivity contribution in [3.05, 3.63) is 48.7 Å². The third-order valence-electron chi connectivity index (χ3n) is 5.09. The first-order valence-electron chi connectivity index (χ1n) is 9.21. The number of nitrogens with zero attached hydrogens (tertiary/aromatic N) is 4. The van der Waals surface area contributed by atoms with Crippen molar-refractivity contribution in [3.8, 4) is 11.3 Å². The number of hydrogen-bond donors (Lipinski definition) is 1. The maximum absolute atomic E-state index is 12.0. The number of carbonyl (C=O) groups excluding carboxylic acids is 1. The first kappa shape index (κ1) is 19.3. The number of aromatic nitrogens is 2. The summed E-state index contributed by atoms with van der Waals surface area (Å²) in [5, 5.41) is 5.26. The Bertz CT molecular complexity index is 1200. The smallest absolute Gasteiger partial charge is 0.238 e. The van der Waals surface area contributed by atoms with E-state index in [-0.39, 0.29) is 10.8 Å². The summed E-state index contributed by atoms with van der Waals surface area (Å²) in [6.45, 7) is 1.95. The van der Waals surface area contributed by atoms with Crippen LogP contribution in [0, 0.1) is 0 Å². The van der Waals surface area contributed by atoms with Gasteiger partial charge in [0.25, 0.3) is 0 Å². The van der Waals surface area contributed by atoms with Gasteiger partial charge in [-0.1, -0.05) is 12.1 Å². The number of primary sulfonamides is 1. The predicted octanol–water partition coefficient (Wildman–Crippen LogP) is 1.61. The molecule has 2 aromatic heterocycles. The van der Waals surface area contributed by atoms with Crippen molar-refractivity contribution in [2.24, 2.45) is 5.14 Å². The number of fused-ring (bicyclic) bond motifs is 1. The van der Waals surface area contributed by atoms with Crippen LogP contribution in [0.3, 0.4) is 0 Å². The van der Waals surface area contributed by atoms with Gasteiger partial charge < -0.3 is 9.80 Å². The molecule has 0 bridgehead atoms. The molecule has 0 spiro atoms. The van der Waals surface area contributed by atoms with E-state index in [1.807, 2.05) is 19.2 Å². The Labute approximate surface area is 169 Å². The van der Waals surface area contributed by atoms with Gasteiger partial charge in [0, 0.05) is 44.9 Å². The first-order chi connectivity index (χ1) is 13.8. The lowest BCUT2D eigenvalue weighted by Gasteiger charge is -2.23. The zero-order valence-electron chi connectivity index (χ0n) is 15.9. The summed E-state index contributed by atoms with van der Waals surface area (Å²) in [7, 11) is -1.99. The number of hydrogen-bond acceptors (Lipinski definition) is 6. The fraction of sp³-hybridized carbons (Fsp3) is 0.250. The fourth-order valence-electron chi connectivity index (χ4n) is 3.43. The van der Waals surface area contributed by atoms with E-state index in [0.29, 0.717) is 42.8 Å². The van der Waals surface area contributed by atoms with Crippen LogP contribution in [0.25, 0.3) is 22.3 Å². The monoisotopic (exact) mass is 411 g/mol. The molecule has 1 saturated heterocycles. The summed E-state index contributed by atoms with van der Waals surface area (Å²) in [5.41, 5.74) is 3.63. The average Bonchev–Trinajstić information content (AvgIpc) is 2.88. The number of pyridine rings is 2. The van der Waals surface area contributed by atoms with Crippen LogP contribution >= 0.6 is 0 Å². The zero-order valence-corrected chi connectivity index (χ0v) is 16.8. The lowest BCUT2D eigenvalue weighted by Crippen LogP contribution is -2.30. The zero-order chi connectivity index (χ0) is 20.6. The van der Waals surface area contributed by atoms with Gasteiger partial charge in [-0.3, -0.25) is 9.78 Å². The molecule has 8 nitrogen and oxygen atoms in total. The van der Waals surface area contributed by atoms with Crippen LogP contribution in [0.15, 0.2) is 53.6 Å². The number of sulfonamides is 1. The van der Waals surface area contributed by atoms with Gasteiger partial charge in [0.15, 0.2) is 0 Å². The lowest BCUT2D eigenvalue weighted by atomic mass is 10.1. The number of likely N-dealkylation sites (N-methyl/N-ethyl adjacent to an activating group) is 1. The van der Waals surface area contributed by atoms with Crippen LogP contribution in [0.5, 0.6) is 0 Å². The van der Waals surface area contributed by atoms with Crippen LogP contribution in [-0.4, -0.2) is 55.9 Å². The maximum atomic E-state index is 12.0. The summed E-state index contributed by atoms with van der Waals surface area (Å²) in [5.74, 6) is 0.124. The highest BCUT2D eigenvalue weighted by atomic mass is 32.2. The normalized spacial score (nSPS) is 15.6. The van der Waals surface area contributed by atoms with E-state index in [9.17, 15) is 13.2 Å². The standard InChI is InChI=1S/C20H21N5O3S/c1-24-11-12-25(10-8-19(24)26)18-7-9-22-17-6-5-16(23-20(17)18)14-3-2-4-15(13-14)29(21,27)28/h2-7,9,13H,8,10-12H2,1H3,(H2,21,27,28). The topological polar surface area (TPSA) is 109 Å². The van der Waals surface area contributed by atoms with E-state index in [0.717, 1.165) is 11.2 Å². The lowest BCUT2D eigenvalue weighted by molar-refractivity contribution is -0.129. The highest BCUT2D eigenvalue weighted by molar-refractivity contribution is 7.89. The first-order valence-corrected chi connectivity index (χ1v) is 10.8. The molecular weight excluding hydrogens is 390 g/mol. The van der Waals surface area contributed by atoms with Gasteiger partial charge in [0.2, 0.25) is 15.9 Å². The second-order valence-electron chi connectivity index (χ2n) is 7.02. The van der Waals surface area contributed by atoms with Crippen molar-refractivity contribution in [1.82, 2.24) is 14.9 Å². The minimum absolute atomic E-state index is 0.0392. The Balaban J connectivity index is 1.78. The Hall–Kier alpha value is -3.04. The molecule has 29 heavy (non-hydrogen) atoms. The molecule has 1 fully saturated rings. The molecule has 0 aliphatic carbocycles. The highest BCUT2D eigenvalue weighted by Crippen LogP contribution is 2.28. The third kappa shape index (κ3) is 3.92. The van der Waals surface area contributed by atoms with Crippen molar-refractivity contribution in [1.29, 1.82) is 0 Å². The van der Waals surface area contributed by atoms with Crippen LogP contribution in [0.4, 0.5) is 5.69 Å². The summed E-state index contributed by atoms with van der Waals surface area (Å²) < 4.78 is 23.4. The summed E-state index contributed by atoms with van der Waals surface area (Å²) >= 11 is 0. The molecule has 2 N–H and O–H groups in total. The minimum Gasteiger partial charge on any atom is -0.367 e. The predicted molar refractivity (Wildman–Crippen MR) is 111 cm³/mol. The summed E-state index contributed by atoms with van der Waals surface area (Å²) in [6, 6.07) is 12.0. The van der Waals surface area contributed by atoms with Crippen molar-refractivity contribution in [2.45, 2.75) is 11.3 Å². The summed E-state index contributed by atoms with van der Waals surface area (Å²) in [6.07, 6.45) is 2.17. The number of amides is 1. The van der Waals surface area contributed by atoms with Crippen LogP contribution in [0.2, 0.25) is 0 Å². The number of benzene rings is 1. The number of carbonyl (C=O) groups is 1. The van der Waals surface area contributed by atoms with E-state index in [4.69, 9.17) is 10.1 Å². The van der Waals surface area contributed by atoms with Gasteiger partial charge in [0.05, 0.1) is 21.8 Å². The van der Waals surface area contributed by atoms with Gasteiger partial charge in [-0.05, 0) is 30.3 Å². The van der Waals surface area contributed by atoms with Crippen molar-refractivity contribution >= 4 is 32.7 Å². The van der Waals surface area contributed by atoms with Gasteiger partial charge in [0.1, 0.15) is 5.52 Å². The van der Waals surface area contributed by atoms with Crippen molar-refractivity contribution in [2.75, 3.05) is 31.6 Å². The van der Waals surface area contributed by atoms with Crippen LogP contribution in [-0.2, 0) is 14.8 Å². The molecule has 1 amide bonds.